The van der Waals surface area contributed by atoms with Crippen LogP contribution in [0.2, 0.25) is 0 Å². The Morgan fingerprint density at radius 2 is 2.08 bits per heavy atom. The molecule has 4 heteroatoms. The van der Waals surface area contributed by atoms with Crippen LogP contribution in [0.25, 0.3) is 10.9 Å². The fourth-order valence-corrected chi connectivity index (χ4v) is 1.40. The molecule has 0 spiro atoms. The lowest BCUT2D eigenvalue weighted by Crippen LogP contribution is -1.90. The highest BCUT2D eigenvalue weighted by Gasteiger charge is 2.13. The summed E-state index contributed by atoms with van der Waals surface area (Å²) >= 11 is 0. The highest BCUT2D eigenvalue weighted by Crippen LogP contribution is 2.38. The first-order valence-electron chi connectivity index (χ1n) is 3.95. The molecule has 0 saturated heterocycles. The van der Waals surface area contributed by atoms with Gasteiger partial charge >= 0.3 is 0 Å². The largest absolute Gasteiger partial charge is 0.398 e. The fraction of sp³-hybridized carbons (Fsp3) is 0. The summed E-state index contributed by atoms with van der Waals surface area (Å²) in [4.78, 5) is 4.28. The number of aromatic nitrogens is 1. The normalized spacial score (nSPS) is 12.6. The zero-order valence-corrected chi connectivity index (χ0v) is 6.73. The number of rotatable bonds is 0. The molecule has 62 valence electrons. The summed E-state index contributed by atoms with van der Waals surface area (Å²) in [6.07, 6.45) is 0. The molecule has 0 saturated carbocycles. The standard InChI is InChI=1S/C9H6N4/c10-6-2-1-3-7-5(6)4-8-9(11-7)13-12-8/h1-4H,10H2. The number of anilines is 1. The van der Waals surface area contributed by atoms with Gasteiger partial charge < -0.3 is 5.73 Å². The molecule has 0 radical (unpaired) electrons. The Hall–Kier alpha value is -1.97. The number of azo groups is 1. The lowest BCUT2D eigenvalue weighted by molar-refractivity contribution is 1.09. The number of fused-ring (bicyclic) bond motifs is 2. The van der Waals surface area contributed by atoms with Gasteiger partial charge in [0.2, 0.25) is 5.82 Å². The second-order valence-corrected chi connectivity index (χ2v) is 2.95. The fourth-order valence-electron chi connectivity index (χ4n) is 1.40. The van der Waals surface area contributed by atoms with Crippen LogP contribution in [0.3, 0.4) is 0 Å². The van der Waals surface area contributed by atoms with E-state index in [4.69, 9.17) is 5.73 Å². The Balaban J connectivity index is 2.47. The molecule has 0 amide bonds. The van der Waals surface area contributed by atoms with E-state index in [0.717, 1.165) is 22.3 Å². The molecule has 0 aliphatic carbocycles. The number of nitrogen functional groups attached to an aromatic ring is 1. The van der Waals surface area contributed by atoms with E-state index in [9.17, 15) is 0 Å². The number of hydrogen-bond donors (Lipinski definition) is 1. The first-order chi connectivity index (χ1) is 6.34. The summed E-state index contributed by atoms with van der Waals surface area (Å²) in [5.74, 6) is 0.707. The van der Waals surface area contributed by atoms with Crippen LogP contribution >= 0.6 is 0 Å². The van der Waals surface area contributed by atoms with Gasteiger partial charge in [-0.15, -0.1) is 10.2 Å². The maximum absolute atomic E-state index is 5.79. The van der Waals surface area contributed by atoms with Gasteiger partial charge in [-0.05, 0) is 18.2 Å². The molecule has 2 N–H and O–H groups in total. The van der Waals surface area contributed by atoms with E-state index >= 15 is 0 Å². The van der Waals surface area contributed by atoms with Crippen LogP contribution in [0.4, 0.5) is 17.2 Å². The minimum atomic E-state index is 0.707. The first kappa shape index (κ1) is 6.54. The van der Waals surface area contributed by atoms with E-state index < -0.39 is 0 Å². The molecule has 2 aromatic rings. The second-order valence-electron chi connectivity index (χ2n) is 2.95. The average molecular weight is 170 g/mol. The lowest BCUT2D eigenvalue weighted by atomic mass is 10.1. The van der Waals surface area contributed by atoms with Crippen LogP contribution in [-0.4, -0.2) is 4.98 Å². The van der Waals surface area contributed by atoms with E-state index in [1.54, 1.807) is 0 Å². The molecule has 1 aromatic heterocycles. The van der Waals surface area contributed by atoms with Gasteiger partial charge in [-0.1, -0.05) is 6.07 Å². The van der Waals surface area contributed by atoms with Gasteiger partial charge in [-0.2, -0.15) is 0 Å². The summed E-state index contributed by atoms with van der Waals surface area (Å²) in [5.41, 5.74) is 8.22. The Morgan fingerprint density at radius 3 is 2.85 bits per heavy atom. The molecule has 0 atom stereocenters. The Labute approximate surface area is 74.1 Å². The van der Waals surface area contributed by atoms with Crippen molar-refractivity contribution in [1.82, 2.24) is 4.98 Å². The molecule has 0 fully saturated rings. The number of benzene rings is 1. The van der Waals surface area contributed by atoms with Gasteiger partial charge in [0.15, 0.2) is 0 Å². The van der Waals surface area contributed by atoms with Crippen molar-refractivity contribution in [1.29, 1.82) is 0 Å². The van der Waals surface area contributed by atoms with Gasteiger partial charge in [0.1, 0.15) is 5.69 Å². The summed E-state index contributed by atoms with van der Waals surface area (Å²) in [6.45, 7) is 0. The quantitative estimate of drug-likeness (QED) is 0.527. The molecular weight excluding hydrogens is 164 g/mol. The molecule has 1 aliphatic rings. The Kier molecular flexibility index (Phi) is 1.02. The van der Waals surface area contributed by atoms with Crippen LogP contribution in [0.1, 0.15) is 0 Å². The summed E-state index contributed by atoms with van der Waals surface area (Å²) in [5, 5.41) is 8.56. The van der Waals surface area contributed by atoms with Crippen LogP contribution in [0.5, 0.6) is 0 Å². The van der Waals surface area contributed by atoms with Crippen molar-refractivity contribution >= 4 is 28.1 Å². The van der Waals surface area contributed by atoms with Gasteiger partial charge in [-0.3, -0.25) is 0 Å². The maximum atomic E-state index is 5.79. The third-order valence-corrected chi connectivity index (χ3v) is 2.11. The first-order valence-corrected chi connectivity index (χ1v) is 3.95. The van der Waals surface area contributed by atoms with E-state index in [1.165, 1.54) is 0 Å². The van der Waals surface area contributed by atoms with Crippen molar-refractivity contribution in [3.05, 3.63) is 24.3 Å². The van der Waals surface area contributed by atoms with Crippen LogP contribution in [0.15, 0.2) is 34.5 Å². The molecule has 1 aromatic carbocycles. The van der Waals surface area contributed by atoms with E-state index in [2.05, 4.69) is 15.2 Å². The van der Waals surface area contributed by atoms with E-state index in [0.29, 0.717) is 5.82 Å². The zero-order valence-electron chi connectivity index (χ0n) is 6.73. The summed E-state index contributed by atoms with van der Waals surface area (Å²) in [7, 11) is 0. The lowest BCUT2D eigenvalue weighted by Gasteiger charge is -2.08. The third-order valence-electron chi connectivity index (χ3n) is 2.11. The van der Waals surface area contributed by atoms with Gasteiger partial charge in [0.25, 0.3) is 0 Å². The van der Waals surface area contributed by atoms with Crippen molar-refractivity contribution in [2.45, 2.75) is 0 Å². The third kappa shape index (κ3) is 0.767. The highest BCUT2D eigenvalue weighted by molar-refractivity contribution is 5.94. The van der Waals surface area contributed by atoms with Gasteiger partial charge in [-0.25, -0.2) is 4.98 Å². The zero-order chi connectivity index (χ0) is 8.84. The number of nitrogens with zero attached hydrogens (tertiary/aromatic N) is 3. The van der Waals surface area contributed by atoms with Crippen molar-refractivity contribution in [2.24, 2.45) is 10.2 Å². The Bertz CT molecular complexity index is 530. The maximum Gasteiger partial charge on any atom is 0.202 e. The average Bonchev–Trinajstić information content (AvgIpc) is 2.09. The molecular formula is C9H6N4. The molecule has 2 heterocycles. The monoisotopic (exact) mass is 170 g/mol. The summed E-state index contributed by atoms with van der Waals surface area (Å²) < 4.78 is 0. The Morgan fingerprint density at radius 1 is 1.15 bits per heavy atom. The van der Waals surface area contributed by atoms with Crippen molar-refractivity contribution < 1.29 is 0 Å². The second kappa shape index (κ2) is 2.04. The number of hydrogen-bond acceptors (Lipinski definition) is 4. The molecule has 4 nitrogen and oxygen atoms in total. The number of nitrogens with two attached hydrogens (primary N) is 1. The highest BCUT2D eigenvalue weighted by atomic mass is 15.2. The van der Waals surface area contributed by atoms with Crippen LogP contribution in [-0.2, 0) is 0 Å². The smallest absolute Gasteiger partial charge is 0.202 e. The summed E-state index contributed by atoms with van der Waals surface area (Å²) in [6, 6.07) is 7.57. The van der Waals surface area contributed by atoms with E-state index in [-0.39, 0.29) is 0 Å². The minimum absolute atomic E-state index is 0.707. The minimum Gasteiger partial charge on any atom is -0.398 e. The predicted molar refractivity (Wildman–Crippen MR) is 50.3 cm³/mol. The van der Waals surface area contributed by atoms with Crippen molar-refractivity contribution in [3.63, 3.8) is 0 Å². The molecule has 13 heavy (non-hydrogen) atoms. The molecule has 1 aliphatic heterocycles. The predicted octanol–water partition coefficient (Wildman–Crippen LogP) is 2.55. The molecule has 3 rings (SSSR count). The van der Waals surface area contributed by atoms with Crippen LogP contribution < -0.4 is 5.73 Å². The van der Waals surface area contributed by atoms with Crippen molar-refractivity contribution in [3.8, 4) is 0 Å². The molecule has 0 bridgehead atoms. The number of pyridine rings is 1. The van der Waals surface area contributed by atoms with E-state index in [1.807, 2.05) is 24.3 Å². The van der Waals surface area contributed by atoms with Crippen LogP contribution in [0, 0.1) is 0 Å². The van der Waals surface area contributed by atoms with Crippen molar-refractivity contribution in [2.75, 3.05) is 5.73 Å². The molecule has 0 unspecified atom stereocenters. The topological polar surface area (TPSA) is 63.6 Å². The SMILES string of the molecule is Nc1cccc2nc3c(cc12)N=N3. The van der Waals surface area contributed by atoms with Gasteiger partial charge in [0, 0.05) is 11.1 Å². The van der Waals surface area contributed by atoms with Gasteiger partial charge in [0.05, 0.1) is 5.52 Å².